The Balaban J connectivity index is 3.09. The van der Waals surface area contributed by atoms with Crippen molar-refractivity contribution in [1.29, 1.82) is 0 Å². The standard InChI is InChI=1S/C14H21F3N2O/c1-9(14(15,16)17)20-12-7-10(8-18-5)6-11(19-12)13(2,3)4/h6-7,9,18H,8H2,1-5H3. The highest BCUT2D eigenvalue weighted by Gasteiger charge is 2.38. The first-order chi connectivity index (χ1) is 9.04. The fourth-order valence-corrected chi connectivity index (χ4v) is 1.56. The molecule has 0 saturated heterocycles. The molecular weight excluding hydrogens is 269 g/mol. The summed E-state index contributed by atoms with van der Waals surface area (Å²) in [6.07, 6.45) is -6.28. The topological polar surface area (TPSA) is 34.1 Å². The van der Waals surface area contributed by atoms with E-state index in [1.165, 1.54) is 6.07 Å². The zero-order valence-electron chi connectivity index (χ0n) is 12.4. The Morgan fingerprint density at radius 2 is 1.85 bits per heavy atom. The van der Waals surface area contributed by atoms with Crippen LogP contribution in [0.15, 0.2) is 12.1 Å². The van der Waals surface area contributed by atoms with E-state index in [0.29, 0.717) is 12.2 Å². The van der Waals surface area contributed by atoms with Crippen LogP contribution in [-0.2, 0) is 12.0 Å². The van der Waals surface area contributed by atoms with Crippen molar-refractivity contribution in [2.45, 2.75) is 51.9 Å². The van der Waals surface area contributed by atoms with Gasteiger partial charge in [-0.15, -0.1) is 0 Å². The summed E-state index contributed by atoms with van der Waals surface area (Å²) in [5, 5.41) is 2.97. The first kappa shape index (κ1) is 16.8. The van der Waals surface area contributed by atoms with E-state index >= 15 is 0 Å². The van der Waals surface area contributed by atoms with Gasteiger partial charge < -0.3 is 10.1 Å². The molecule has 0 aromatic carbocycles. The lowest BCUT2D eigenvalue weighted by molar-refractivity contribution is -0.190. The molecule has 0 aliphatic rings. The molecule has 0 bridgehead atoms. The van der Waals surface area contributed by atoms with Crippen LogP contribution in [0.4, 0.5) is 13.2 Å². The quantitative estimate of drug-likeness (QED) is 0.922. The van der Waals surface area contributed by atoms with Crippen LogP contribution in [0.3, 0.4) is 0 Å². The van der Waals surface area contributed by atoms with Gasteiger partial charge in [-0.05, 0) is 25.6 Å². The van der Waals surface area contributed by atoms with Crippen LogP contribution in [0.5, 0.6) is 5.88 Å². The number of nitrogens with zero attached hydrogens (tertiary/aromatic N) is 1. The fraction of sp³-hybridized carbons (Fsp3) is 0.643. The summed E-state index contributed by atoms with van der Waals surface area (Å²) in [6, 6.07) is 3.41. The maximum Gasteiger partial charge on any atom is 0.425 e. The van der Waals surface area contributed by atoms with Crippen molar-refractivity contribution in [3.05, 3.63) is 23.4 Å². The van der Waals surface area contributed by atoms with Gasteiger partial charge in [-0.1, -0.05) is 20.8 Å². The van der Waals surface area contributed by atoms with Gasteiger partial charge in [0.2, 0.25) is 5.88 Å². The first-order valence-electron chi connectivity index (χ1n) is 6.43. The van der Waals surface area contributed by atoms with E-state index in [-0.39, 0.29) is 11.3 Å². The summed E-state index contributed by atoms with van der Waals surface area (Å²) >= 11 is 0. The highest BCUT2D eigenvalue weighted by molar-refractivity contribution is 5.28. The second-order valence-corrected chi connectivity index (χ2v) is 5.78. The lowest BCUT2D eigenvalue weighted by Crippen LogP contribution is -2.31. The predicted molar refractivity (Wildman–Crippen MR) is 71.8 cm³/mol. The van der Waals surface area contributed by atoms with Gasteiger partial charge in [0, 0.05) is 18.0 Å². The van der Waals surface area contributed by atoms with E-state index in [1.54, 1.807) is 7.05 Å². The van der Waals surface area contributed by atoms with Crippen molar-refractivity contribution < 1.29 is 17.9 Å². The zero-order valence-corrected chi connectivity index (χ0v) is 12.4. The number of pyridine rings is 1. The van der Waals surface area contributed by atoms with Gasteiger partial charge >= 0.3 is 6.18 Å². The summed E-state index contributed by atoms with van der Waals surface area (Å²) in [5.74, 6) is 0.00694. The molecule has 0 amide bonds. The van der Waals surface area contributed by atoms with E-state index < -0.39 is 12.3 Å². The molecule has 0 aliphatic heterocycles. The number of hydrogen-bond acceptors (Lipinski definition) is 3. The Kier molecular flexibility index (Phi) is 5.02. The first-order valence-corrected chi connectivity index (χ1v) is 6.43. The van der Waals surface area contributed by atoms with Gasteiger partial charge in [0.05, 0.1) is 5.69 Å². The van der Waals surface area contributed by atoms with Crippen LogP contribution in [0.1, 0.15) is 39.0 Å². The molecule has 1 rings (SSSR count). The van der Waals surface area contributed by atoms with Crippen molar-refractivity contribution >= 4 is 0 Å². The molecular formula is C14H21F3N2O. The molecule has 0 spiro atoms. The molecule has 1 N–H and O–H groups in total. The molecule has 1 aromatic rings. The minimum Gasteiger partial charge on any atom is -0.465 e. The molecule has 1 atom stereocenters. The second kappa shape index (κ2) is 5.99. The normalized spacial score (nSPS) is 14.2. The summed E-state index contributed by atoms with van der Waals surface area (Å²) < 4.78 is 42.6. The Morgan fingerprint density at radius 1 is 1.25 bits per heavy atom. The number of rotatable bonds is 4. The maximum absolute atomic E-state index is 12.6. The van der Waals surface area contributed by atoms with E-state index in [2.05, 4.69) is 10.3 Å². The molecule has 0 radical (unpaired) electrons. The molecule has 6 heteroatoms. The minimum absolute atomic E-state index is 0.00694. The Hall–Kier alpha value is -1.30. The number of nitrogens with one attached hydrogen (secondary N) is 1. The summed E-state index contributed by atoms with van der Waals surface area (Å²) in [5.41, 5.74) is 1.29. The Labute approximate surface area is 117 Å². The smallest absolute Gasteiger partial charge is 0.425 e. The molecule has 0 fully saturated rings. The summed E-state index contributed by atoms with van der Waals surface area (Å²) in [7, 11) is 1.77. The van der Waals surface area contributed by atoms with Gasteiger partial charge in [-0.2, -0.15) is 13.2 Å². The highest BCUT2D eigenvalue weighted by atomic mass is 19.4. The van der Waals surface area contributed by atoms with E-state index in [0.717, 1.165) is 12.5 Å². The second-order valence-electron chi connectivity index (χ2n) is 5.78. The SMILES string of the molecule is CNCc1cc(OC(C)C(F)(F)F)nc(C(C)(C)C)c1. The Bertz CT molecular complexity index is 453. The van der Waals surface area contributed by atoms with Gasteiger partial charge in [0.25, 0.3) is 0 Å². The third-order valence-electron chi connectivity index (χ3n) is 2.77. The largest absolute Gasteiger partial charge is 0.465 e. The monoisotopic (exact) mass is 290 g/mol. The lowest BCUT2D eigenvalue weighted by atomic mass is 9.91. The van der Waals surface area contributed by atoms with Crippen LogP contribution in [0.25, 0.3) is 0 Å². The third kappa shape index (κ3) is 4.67. The molecule has 1 aromatic heterocycles. The van der Waals surface area contributed by atoms with Crippen molar-refractivity contribution in [2.75, 3.05) is 7.05 Å². The van der Waals surface area contributed by atoms with E-state index in [4.69, 9.17) is 4.74 Å². The van der Waals surface area contributed by atoms with Crippen LogP contribution in [-0.4, -0.2) is 24.3 Å². The van der Waals surface area contributed by atoms with Crippen LogP contribution >= 0.6 is 0 Å². The van der Waals surface area contributed by atoms with Gasteiger partial charge in [-0.3, -0.25) is 0 Å². The average molecular weight is 290 g/mol. The number of aromatic nitrogens is 1. The number of alkyl halides is 3. The predicted octanol–water partition coefficient (Wildman–Crippen LogP) is 3.43. The number of hydrogen-bond donors (Lipinski definition) is 1. The maximum atomic E-state index is 12.6. The summed E-state index contributed by atoms with van der Waals surface area (Å²) in [4.78, 5) is 4.19. The minimum atomic E-state index is -4.40. The number of ether oxygens (including phenoxy) is 1. The number of halogens is 3. The van der Waals surface area contributed by atoms with Crippen molar-refractivity contribution in [2.24, 2.45) is 0 Å². The molecule has 3 nitrogen and oxygen atoms in total. The van der Waals surface area contributed by atoms with Gasteiger partial charge in [0.1, 0.15) is 0 Å². The fourth-order valence-electron chi connectivity index (χ4n) is 1.56. The molecule has 20 heavy (non-hydrogen) atoms. The highest BCUT2D eigenvalue weighted by Crippen LogP contribution is 2.27. The van der Waals surface area contributed by atoms with Gasteiger partial charge in [-0.25, -0.2) is 4.98 Å². The molecule has 0 aliphatic carbocycles. The lowest BCUT2D eigenvalue weighted by Gasteiger charge is -2.22. The van der Waals surface area contributed by atoms with Crippen LogP contribution in [0, 0.1) is 0 Å². The molecule has 114 valence electrons. The average Bonchev–Trinajstić information content (AvgIpc) is 2.26. The van der Waals surface area contributed by atoms with Crippen LogP contribution < -0.4 is 10.1 Å². The van der Waals surface area contributed by atoms with Crippen molar-refractivity contribution in [1.82, 2.24) is 10.3 Å². The molecule has 0 saturated carbocycles. The van der Waals surface area contributed by atoms with Crippen molar-refractivity contribution in [3.63, 3.8) is 0 Å². The van der Waals surface area contributed by atoms with E-state index in [9.17, 15) is 13.2 Å². The van der Waals surface area contributed by atoms with E-state index in [1.807, 2.05) is 26.8 Å². The third-order valence-corrected chi connectivity index (χ3v) is 2.77. The molecule has 1 unspecified atom stereocenters. The Morgan fingerprint density at radius 3 is 2.30 bits per heavy atom. The van der Waals surface area contributed by atoms with Crippen LogP contribution in [0.2, 0.25) is 0 Å². The summed E-state index contributed by atoms with van der Waals surface area (Å²) in [6.45, 7) is 7.38. The van der Waals surface area contributed by atoms with Gasteiger partial charge in [0.15, 0.2) is 6.10 Å². The zero-order chi connectivity index (χ0) is 15.6. The van der Waals surface area contributed by atoms with Crippen molar-refractivity contribution in [3.8, 4) is 5.88 Å². The molecule has 1 heterocycles.